The molecule has 1 aliphatic rings. The van der Waals surface area contributed by atoms with E-state index >= 15 is 0 Å². The predicted molar refractivity (Wildman–Crippen MR) is 64.9 cm³/mol. The third kappa shape index (κ3) is 3.07. The predicted octanol–water partition coefficient (Wildman–Crippen LogP) is 3.23. The van der Waals surface area contributed by atoms with Crippen molar-refractivity contribution < 1.29 is 0 Å². The first-order valence-electron chi connectivity index (χ1n) is 6.02. The van der Waals surface area contributed by atoms with Crippen molar-refractivity contribution in [3.63, 3.8) is 0 Å². The van der Waals surface area contributed by atoms with Gasteiger partial charge in [-0.15, -0.1) is 0 Å². The first-order valence-corrected chi connectivity index (χ1v) is 6.02. The Kier molecular flexibility index (Phi) is 3.42. The van der Waals surface area contributed by atoms with Gasteiger partial charge >= 0.3 is 0 Å². The van der Waals surface area contributed by atoms with Gasteiger partial charge in [-0.05, 0) is 37.8 Å². The summed E-state index contributed by atoms with van der Waals surface area (Å²) in [6.07, 6.45) is 2.78. The van der Waals surface area contributed by atoms with Crippen LogP contribution < -0.4 is 0 Å². The van der Waals surface area contributed by atoms with Crippen molar-refractivity contribution in [3.05, 3.63) is 35.4 Å². The fraction of sp³-hybridized carbons (Fsp3) is 0.571. The molecule has 2 rings (SSSR count). The Morgan fingerprint density at radius 1 is 1.27 bits per heavy atom. The maximum atomic E-state index is 2.58. The molecule has 1 aliphatic heterocycles. The number of aryl methyl sites for hydroxylation is 1. The van der Waals surface area contributed by atoms with E-state index in [-0.39, 0.29) is 0 Å². The van der Waals surface area contributed by atoms with Crippen molar-refractivity contribution in [2.45, 2.75) is 33.2 Å². The molecule has 82 valence electrons. The Hall–Kier alpha value is -0.820. The minimum absolute atomic E-state index is 0.879. The van der Waals surface area contributed by atoms with E-state index in [1.165, 1.54) is 37.1 Å². The fourth-order valence-electron chi connectivity index (χ4n) is 2.38. The molecule has 1 heterocycles. The Morgan fingerprint density at radius 3 is 2.67 bits per heavy atom. The summed E-state index contributed by atoms with van der Waals surface area (Å²) in [4.78, 5) is 2.58. The van der Waals surface area contributed by atoms with Crippen LogP contribution in [0.5, 0.6) is 0 Å². The summed E-state index contributed by atoms with van der Waals surface area (Å²) < 4.78 is 0. The van der Waals surface area contributed by atoms with Crippen LogP contribution in [0.4, 0.5) is 0 Å². The molecule has 1 heteroatoms. The average Bonchev–Trinajstić information content (AvgIpc) is 2.22. The number of hydrogen-bond donors (Lipinski definition) is 0. The highest BCUT2D eigenvalue weighted by atomic mass is 15.1. The SMILES string of the molecule is Cc1ccc(CN2CCCC(C)C2)cc1. The molecule has 1 saturated heterocycles. The molecule has 0 N–H and O–H groups in total. The molecule has 15 heavy (non-hydrogen) atoms. The summed E-state index contributed by atoms with van der Waals surface area (Å²) in [5.41, 5.74) is 2.81. The van der Waals surface area contributed by atoms with E-state index in [0.29, 0.717) is 0 Å². The van der Waals surface area contributed by atoms with Crippen molar-refractivity contribution in [2.75, 3.05) is 13.1 Å². The smallest absolute Gasteiger partial charge is 0.0233 e. The van der Waals surface area contributed by atoms with E-state index in [1.807, 2.05) is 0 Å². The molecule has 0 bridgehead atoms. The standard InChI is InChI=1S/C14H21N/c1-12-5-7-14(8-6-12)11-15-9-3-4-13(2)10-15/h5-8,13H,3-4,9-11H2,1-2H3. The zero-order valence-corrected chi connectivity index (χ0v) is 9.87. The van der Waals surface area contributed by atoms with Gasteiger partial charge < -0.3 is 0 Å². The first kappa shape index (κ1) is 10.7. The highest BCUT2D eigenvalue weighted by Gasteiger charge is 2.15. The quantitative estimate of drug-likeness (QED) is 0.713. The Balaban J connectivity index is 1.93. The molecular formula is C14H21N. The van der Waals surface area contributed by atoms with Crippen molar-refractivity contribution in [1.29, 1.82) is 0 Å². The maximum Gasteiger partial charge on any atom is 0.0233 e. The topological polar surface area (TPSA) is 3.24 Å². The van der Waals surface area contributed by atoms with Crippen LogP contribution in [0.15, 0.2) is 24.3 Å². The number of piperidine rings is 1. The Labute approximate surface area is 93.1 Å². The van der Waals surface area contributed by atoms with E-state index in [4.69, 9.17) is 0 Å². The molecule has 1 aromatic rings. The van der Waals surface area contributed by atoms with Gasteiger partial charge in [-0.1, -0.05) is 36.8 Å². The molecule has 1 unspecified atom stereocenters. The molecule has 0 aromatic heterocycles. The molecular weight excluding hydrogens is 182 g/mol. The second-order valence-electron chi connectivity index (χ2n) is 4.97. The minimum Gasteiger partial charge on any atom is -0.299 e. The summed E-state index contributed by atoms with van der Waals surface area (Å²) in [6, 6.07) is 8.94. The summed E-state index contributed by atoms with van der Waals surface area (Å²) >= 11 is 0. The lowest BCUT2D eigenvalue weighted by atomic mass is 10.00. The van der Waals surface area contributed by atoms with Crippen molar-refractivity contribution in [1.82, 2.24) is 4.90 Å². The van der Waals surface area contributed by atoms with Crippen molar-refractivity contribution in [2.24, 2.45) is 5.92 Å². The molecule has 0 spiro atoms. The zero-order chi connectivity index (χ0) is 10.7. The lowest BCUT2D eigenvalue weighted by molar-refractivity contribution is 0.176. The van der Waals surface area contributed by atoms with E-state index in [2.05, 4.69) is 43.0 Å². The maximum absolute atomic E-state index is 2.58. The van der Waals surface area contributed by atoms with Crippen LogP contribution >= 0.6 is 0 Å². The van der Waals surface area contributed by atoms with Crippen LogP contribution in [0.2, 0.25) is 0 Å². The number of nitrogens with zero attached hydrogens (tertiary/aromatic N) is 1. The molecule has 0 saturated carbocycles. The number of benzene rings is 1. The lowest BCUT2D eigenvalue weighted by Crippen LogP contribution is -2.33. The molecule has 1 nitrogen and oxygen atoms in total. The van der Waals surface area contributed by atoms with E-state index in [9.17, 15) is 0 Å². The highest BCUT2D eigenvalue weighted by Crippen LogP contribution is 2.17. The summed E-state index contributed by atoms with van der Waals surface area (Å²) in [7, 11) is 0. The van der Waals surface area contributed by atoms with Gasteiger partial charge in [0.05, 0.1) is 0 Å². The monoisotopic (exact) mass is 203 g/mol. The summed E-state index contributed by atoms with van der Waals surface area (Å²) in [5.74, 6) is 0.879. The zero-order valence-electron chi connectivity index (χ0n) is 9.87. The van der Waals surface area contributed by atoms with Gasteiger partial charge in [-0.3, -0.25) is 4.90 Å². The van der Waals surface area contributed by atoms with E-state index in [1.54, 1.807) is 0 Å². The number of likely N-dealkylation sites (tertiary alicyclic amines) is 1. The van der Waals surface area contributed by atoms with Crippen LogP contribution in [-0.2, 0) is 6.54 Å². The Morgan fingerprint density at radius 2 is 2.00 bits per heavy atom. The van der Waals surface area contributed by atoms with Gasteiger partial charge in [-0.25, -0.2) is 0 Å². The van der Waals surface area contributed by atoms with Gasteiger partial charge in [0.1, 0.15) is 0 Å². The molecule has 1 aromatic carbocycles. The van der Waals surface area contributed by atoms with Gasteiger partial charge in [0.2, 0.25) is 0 Å². The van der Waals surface area contributed by atoms with E-state index < -0.39 is 0 Å². The van der Waals surface area contributed by atoms with Crippen LogP contribution in [0.25, 0.3) is 0 Å². The van der Waals surface area contributed by atoms with Crippen molar-refractivity contribution >= 4 is 0 Å². The molecule has 0 radical (unpaired) electrons. The van der Waals surface area contributed by atoms with Gasteiger partial charge in [-0.2, -0.15) is 0 Å². The number of hydrogen-bond acceptors (Lipinski definition) is 1. The summed E-state index contributed by atoms with van der Waals surface area (Å²) in [6.45, 7) is 8.19. The highest BCUT2D eigenvalue weighted by molar-refractivity contribution is 5.21. The fourth-order valence-corrected chi connectivity index (χ4v) is 2.38. The molecule has 0 aliphatic carbocycles. The molecule has 1 atom stereocenters. The van der Waals surface area contributed by atoms with Gasteiger partial charge in [0.25, 0.3) is 0 Å². The van der Waals surface area contributed by atoms with Crippen LogP contribution in [-0.4, -0.2) is 18.0 Å². The average molecular weight is 203 g/mol. The van der Waals surface area contributed by atoms with Gasteiger partial charge in [0.15, 0.2) is 0 Å². The molecule has 0 amide bonds. The van der Waals surface area contributed by atoms with Crippen LogP contribution in [0, 0.1) is 12.8 Å². The minimum atomic E-state index is 0.879. The van der Waals surface area contributed by atoms with Crippen LogP contribution in [0.1, 0.15) is 30.9 Å². The van der Waals surface area contributed by atoms with Gasteiger partial charge in [0, 0.05) is 13.1 Å². The molecule has 1 fully saturated rings. The second-order valence-corrected chi connectivity index (χ2v) is 4.97. The third-order valence-electron chi connectivity index (χ3n) is 3.27. The third-order valence-corrected chi connectivity index (χ3v) is 3.27. The summed E-state index contributed by atoms with van der Waals surface area (Å²) in [5, 5.41) is 0. The Bertz CT molecular complexity index is 302. The second kappa shape index (κ2) is 4.80. The largest absolute Gasteiger partial charge is 0.299 e. The van der Waals surface area contributed by atoms with Crippen LogP contribution in [0.3, 0.4) is 0 Å². The lowest BCUT2D eigenvalue weighted by Gasteiger charge is -2.30. The number of rotatable bonds is 2. The van der Waals surface area contributed by atoms with E-state index in [0.717, 1.165) is 12.5 Å². The normalized spacial score (nSPS) is 22.9. The van der Waals surface area contributed by atoms with Crippen molar-refractivity contribution in [3.8, 4) is 0 Å². The first-order chi connectivity index (χ1) is 7.24.